The zero-order valence-electron chi connectivity index (χ0n) is 36.5. The molecule has 18 heteroatoms. The number of carbonyl (C=O) groups excluding carboxylic acids is 1. The summed E-state index contributed by atoms with van der Waals surface area (Å²) in [5, 5.41) is 9.43. The molecule has 0 saturated carbocycles. The van der Waals surface area contributed by atoms with E-state index in [9.17, 15) is 41.0 Å². The molecule has 0 fully saturated rings. The van der Waals surface area contributed by atoms with Crippen LogP contribution in [0.1, 0.15) is 43.2 Å². The lowest BCUT2D eigenvalue weighted by Crippen LogP contribution is -2.07. The number of nitrogens with zero attached hydrogens (tertiary/aromatic N) is 2. The first kappa shape index (κ1) is 49.5. The molecule has 2 aromatic heterocycles. The van der Waals surface area contributed by atoms with Crippen LogP contribution in [0.4, 0.5) is 37.7 Å². The molecule has 2 heterocycles. The van der Waals surface area contributed by atoms with Gasteiger partial charge in [0.1, 0.15) is 59.6 Å². The SMILES string of the molecule is COC(=O)c1cc(N)cc(-n2c(C)ccc2-c2cc(Br)ccc2OCc2c(F)cc(F)cc2F)c1.Cc1ccc(-c2cc(Br)ccc2OCc2c(F)cc(F)cc2F)n1-c1cc(N)cc(C(=O)O)c1. The lowest BCUT2D eigenvalue weighted by Gasteiger charge is -2.17. The Morgan fingerprint density at radius 3 is 1.33 bits per heavy atom. The van der Waals surface area contributed by atoms with Crippen molar-refractivity contribution in [1.29, 1.82) is 0 Å². The highest BCUT2D eigenvalue weighted by atomic mass is 79.9. The zero-order chi connectivity index (χ0) is 49.8. The van der Waals surface area contributed by atoms with Crippen LogP contribution < -0.4 is 20.9 Å². The quantitative estimate of drug-likeness (QED) is 0.0623. The molecular formula is C51H38Br2F6N4O6. The molecule has 6 aromatic carbocycles. The number of hydrogen-bond donors (Lipinski definition) is 3. The van der Waals surface area contributed by atoms with E-state index in [4.69, 9.17) is 25.7 Å². The van der Waals surface area contributed by atoms with Crippen molar-refractivity contribution in [2.24, 2.45) is 0 Å². The molecule has 69 heavy (non-hydrogen) atoms. The number of aromatic nitrogens is 2. The fourth-order valence-electron chi connectivity index (χ4n) is 7.45. The van der Waals surface area contributed by atoms with Gasteiger partial charge >= 0.3 is 11.9 Å². The van der Waals surface area contributed by atoms with Gasteiger partial charge in [-0.2, -0.15) is 0 Å². The maximum atomic E-state index is 14.1. The van der Waals surface area contributed by atoms with Crippen LogP contribution in [-0.4, -0.2) is 33.3 Å². The average Bonchev–Trinajstić information content (AvgIpc) is 3.87. The van der Waals surface area contributed by atoms with Crippen molar-refractivity contribution in [2.75, 3.05) is 18.6 Å². The van der Waals surface area contributed by atoms with Gasteiger partial charge in [-0.3, -0.25) is 0 Å². The van der Waals surface area contributed by atoms with E-state index in [1.54, 1.807) is 59.2 Å². The molecule has 0 aliphatic heterocycles. The summed E-state index contributed by atoms with van der Waals surface area (Å²) in [4.78, 5) is 23.7. The second-order valence-electron chi connectivity index (χ2n) is 15.4. The Hall–Kier alpha value is -7.44. The van der Waals surface area contributed by atoms with Crippen LogP contribution in [0.25, 0.3) is 33.9 Å². The van der Waals surface area contributed by atoms with Crippen LogP contribution in [0, 0.1) is 48.8 Å². The number of aromatic carboxylic acids is 1. The van der Waals surface area contributed by atoms with E-state index in [0.29, 0.717) is 75.3 Å². The van der Waals surface area contributed by atoms with Crippen molar-refractivity contribution in [3.63, 3.8) is 0 Å². The lowest BCUT2D eigenvalue weighted by atomic mass is 10.1. The third kappa shape index (κ3) is 11.1. The van der Waals surface area contributed by atoms with Crippen molar-refractivity contribution < 1.29 is 55.2 Å². The Labute approximate surface area is 407 Å². The second-order valence-corrected chi connectivity index (χ2v) is 17.2. The fraction of sp³-hybridized carbons (Fsp3) is 0.0980. The molecule has 8 aromatic rings. The van der Waals surface area contributed by atoms with Crippen molar-refractivity contribution in [3.05, 3.63) is 199 Å². The number of esters is 1. The molecule has 0 aliphatic rings. The minimum absolute atomic E-state index is 0.0297. The number of halogens is 8. The molecule has 354 valence electrons. The summed E-state index contributed by atoms with van der Waals surface area (Å²) in [6.07, 6.45) is 0. The number of rotatable bonds is 12. The van der Waals surface area contributed by atoms with E-state index >= 15 is 0 Å². The van der Waals surface area contributed by atoms with E-state index in [1.807, 2.05) is 42.7 Å². The number of benzene rings is 6. The van der Waals surface area contributed by atoms with Crippen molar-refractivity contribution in [3.8, 4) is 45.4 Å². The number of nitrogens with two attached hydrogens (primary N) is 2. The average molecular weight is 1080 g/mol. The third-order valence-corrected chi connectivity index (χ3v) is 11.6. The Morgan fingerprint density at radius 1 is 0.551 bits per heavy atom. The van der Waals surface area contributed by atoms with Crippen molar-refractivity contribution >= 4 is 55.2 Å². The van der Waals surface area contributed by atoms with Gasteiger partial charge in [-0.25, -0.2) is 35.9 Å². The summed E-state index contributed by atoms with van der Waals surface area (Å²) in [7, 11) is 1.29. The van der Waals surface area contributed by atoms with Crippen molar-refractivity contribution in [2.45, 2.75) is 27.1 Å². The highest BCUT2D eigenvalue weighted by Gasteiger charge is 2.21. The van der Waals surface area contributed by atoms with Gasteiger partial charge in [0.25, 0.3) is 0 Å². The summed E-state index contributed by atoms with van der Waals surface area (Å²) >= 11 is 6.88. The molecule has 8 rings (SSSR count). The molecule has 0 aliphatic carbocycles. The largest absolute Gasteiger partial charge is 0.488 e. The van der Waals surface area contributed by atoms with E-state index in [2.05, 4.69) is 31.9 Å². The first-order valence-electron chi connectivity index (χ1n) is 20.4. The number of hydrogen-bond acceptors (Lipinski definition) is 7. The molecule has 0 atom stereocenters. The Kier molecular flexibility index (Phi) is 14.9. The standard InChI is InChI=1S/C26H20BrF3N2O3.C25H18BrF3N2O3/c1-14-3-5-24(32(14)19-8-15(26(33)34-2)7-18(31)12-19)20-9-16(27)4-6-25(20)35-13-21-22(29)10-17(28)11-23(21)30;1-13-2-4-23(31(13)18-7-14(25(32)33)6-17(30)11-18)19-8-15(26)3-5-24(19)34-12-20-21(28)9-16(27)10-22(20)29/h3-12H,13,31H2,1-2H3;2-11H,12,30H2,1H3,(H,32,33). The number of methoxy groups -OCH3 is 1. The van der Waals surface area contributed by atoms with Gasteiger partial charge in [-0.15, -0.1) is 0 Å². The zero-order valence-corrected chi connectivity index (χ0v) is 39.7. The number of carbonyl (C=O) groups is 2. The van der Waals surface area contributed by atoms with Gasteiger partial charge in [-0.1, -0.05) is 31.9 Å². The van der Waals surface area contributed by atoms with Crippen LogP contribution in [0.3, 0.4) is 0 Å². The number of ether oxygens (including phenoxy) is 3. The molecule has 0 amide bonds. The van der Waals surface area contributed by atoms with Gasteiger partial charge < -0.3 is 39.9 Å². The number of anilines is 2. The molecule has 0 spiro atoms. The Bertz CT molecular complexity index is 3240. The van der Waals surface area contributed by atoms with Crippen molar-refractivity contribution in [1.82, 2.24) is 9.13 Å². The van der Waals surface area contributed by atoms with E-state index in [-0.39, 0.29) is 22.4 Å². The number of carboxylic acids is 1. The van der Waals surface area contributed by atoms with Crippen LogP contribution in [0.5, 0.6) is 11.5 Å². The second kappa shape index (κ2) is 20.8. The molecule has 5 N–H and O–H groups in total. The maximum Gasteiger partial charge on any atom is 0.337 e. The minimum Gasteiger partial charge on any atom is -0.488 e. The highest BCUT2D eigenvalue weighted by Crippen LogP contribution is 2.39. The summed E-state index contributed by atoms with van der Waals surface area (Å²) in [6.45, 7) is 2.81. The summed E-state index contributed by atoms with van der Waals surface area (Å²) in [5.74, 6) is -7.16. The van der Waals surface area contributed by atoms with Gasteiger partial charge in [0.05, 0.1) is 40.8 Å². The monoisotopic (exact) mass is 1070 g/mol. The van der Waals surface area contributed by atoms with Crippen LogP contribution in [0.2, 0.25) is 0 Å². The summed E-state index contributed by atoms with van der Waals surface area (Å²) in [6, 6.07) is 29.5. The van der Waals surface area contributed by atoms with E-state index < -0.39 is 65.6 Å². The third-order valence-electron chi connectivity index (χ3n) is 10.6. The van der Waals surface area contributed by atoms with Crippen LogP contribution >= 0.6 is 31.9 Å². The number of carboxylic acid groups (broad SMARTS) is 1. The molecule has 0 saturated heterocycles. The topological polar surface area (TPSA) is 144 Å². The van der Waals surface area contributed by atoms with Gasteiger partial charge in [0, 0.05) is 78.5 Å². The number of nitrogen functional groups attached to an aromatic ring is 2. The molecule has 0 unspecified atom stereocenters. The summed E-state index contributed by atoms with van der Waals surface area (Å²) < 4.78 is 105. The Morgan fingerprint density at radius 2 is 0.942 bits per heavy atom. The van der Waals surface area contributed by atoms with Crippen LogP contribution in [-0.2, 0) is 18.0 Å². The van der Waals surface area contributed by atoms with Gasteiger partial charge in [0.2, 0.25) is 0 Å². The predicted octanol–water partition coefficient (Wildman–Crippen LogP) is 13.1. The highest BCUT2D eigenvalue weighted by molar-refractivity contribution is 9.10. The molecule has 0 bridgehead atoms. The Balaban J connectivity index is 0.000000204. The van der Waals surface area contributed by atoms with Crippen LogP contribution in [0.15, 0.2) is 130 Å². The molecule has 10 nitrogen and oxygen atoms in total. The molecule has 0 radical (unpaired) electrons. The minimum atomic E-state index is -1.12. The lowest BCUT2D eigenvalue weighted by molar-refractivity contribution is 0.0599. The number of aryl methyl sites for hydroxylation is 2. The smallest absolute Gasteiger partial charge is 0.337 e. The predicted molar refractivity (Wildman–Crippen MR) is 256 cm³/mol. The molecular weight excluding hydrogens is 1040 g/mol. The van der Waals surface area contributed by atoms with E-state index in [0.717, 1.165) is 20.3 Å². The summed E-state index contributed by atoms with van der Waals surface area (Å²) in [5.41, 5.74) is 17.4. The fourth-order valence-corrected chi connectivity index (χ4v) is 8.17. The maximum absolute atomic E-state index is 14.1. The van der Waals surface area contributed by atoms with Gasteiger partial charge in [0.15, 0.2) is 0 Å². The van der Waals surface area contributed by atoms with E-state index in [1.165, 1.54) is 25.3 Å². The first-order chi connectivity index (χ1) is 32.8. The normalized spacial score (nSPS) is 10.9. The van der Waals surface area contributed by atoms with Gasteiger partial charge in [-0.05, 0) is 111 Å². The first-order valence-corrected chi connectivity index (χ1v) is 22.0.